The molecule has 0 radical (unpaired) electrons. The molecule has 7 heteroatoms. The minimum Gasteiger partial charge on any atom is -0.354 e. The predicted octanol–water partition coefficient (Wildman–Crippen LogP) is 7.17. The zero-order valence-electron chi connectivity index (χ0n) is 21.2. The number of unbranched alkanes of at least 4 members (excludes halogenated alkanes) is 1. The summed E-state index contributed by atoms with van der Waals surface area (Å²) in [5.41, 5.74) is 2.85. The van der Waals surface area contributed by atoms with Crippen molar-refractivity contribution in [3.8, 4) is 0 Å². The lowest BCUT2D eigenvalue weighted by Gasteiger charge is -2.32. The van der Waals surface area contributed by atoms with E-state index in [1.165, 1.54) is 5.56 Å². The van der Waals surface area contributed by atoms with Crippen LogP contribution in [0.4, 0.5) is 0 Å². The monoisotopic (exact) mass is 556 g/mol. The molecule has 2 amide bonds. The van der Waals surface area contributed by atoms with Crippen molar-refractivity contribution in [2.45, 2.75) is 50.9 Å². The van der Waals surface area contributed by atoms with Gasteiger partial charge < -0.3 is 10.2 Å². The summed E-state index contributed by atoms with van der Waals surface area (Å²) in [7, 11) is 0. The van der Waals surface area contributed by atoms with E-state index in [1.807, 2.05) is 48.5 Å². The molecule has 3 aromatic carbocycles. The van der Waals surface area contributed by atoms with Crippen molar-refractivity contribution in [3.05, 3.63) is 106 Å². The van der Waals surface area contributed by atoms with E-state index < -0.39 is 6.04 Å². The van der Waals surface area contributed by atoms with Gasteiger partial charge in [0.2, 0.25) is 11.8 Å². The molecule has 0 aromatic heterocycles. The number of nitrogens with one attached hydrogen (secondary N) is 1. The number of hydrogen-bond acceptors (Lipinski definition) is 3. The molecule has 0 aliphatic rings. The average Bonchev–Trinajstić information content (AvgIpc) is 2.91. The molecule has 1 atom stereocenters. The lowest BCUT2D eigenvalue weighted by molar-refractivity contribution is -0.141. The average molecular weight is 558 g/mol. The number of amides is 2. The summed E-state index contributed by atoms with van der Waals surface area (Å²) < 4.78 is 0. The van der Waals surface area contributed by atoms with Gasteiger partial charge in [0.1, 0.15) is 6.04 Å². The third-order valence-electron chi connectivity index (χ3n) is 6.06. The summed E-state index contributed by atoms with van der Waals surface area (Å²) in [6, 6.07) is 24.6. The van der Waals surface area contributed by atoms with Gasteiger partial charge in [-0.05, 0) is 29.7 Å². The standard InChI is InChI=1S/C30H34Cl2N2O2S/c1-2-3-18-33-30(36)28(20-23-11-6-4-7-12-23)34(21-25-26(31)15-10-16-27(25)32)29(35)17-19-37-22-24-13-8-5-9-14-24/h4-16,28H,2-3,17-22H2,1H3,(H,33,36)/t28-/m1/s1. The Morgan fingerprint density at radius 2 is 1.51 bits per heavy atom. The zero-order valence-corrected chi connectivity index (χ0v) is 23.5. The number of hydrogen-bond donors (Lipinski definition) is 1. The summed E-state index contributed by atoms with van der Waals surface area (Å²) in [5.74, 6) is 1.22. The van der Waals surface area contributed by atoms with Crippen LogP contribution in [0.15, 0.2) is 78.9 Å². The van der Waals surface area contributed by atoms with Crippen LogP contribution in [0.1, 0.15) is 42.9 Å². The molecule has 0 bridgehead atoms. The summed E-state index contributed by atoms with van der Waals surface area (Å²) in [6.07, 6.45) is 2.57. The highest BCUT2D eigenvalue weighted by Crippen LogP contribution is 2.28. The van der Waals surface area contributed by atoms with Gasteiger partial charge in [-0.25, -0.2) is 0 Å². The van der Waals surface area contributed by atoms with E-state index in [0.29, 0.717) is 40.7 Å². The molecule has 4 nitrogen and oxygen atoms in total. The van der Waals surface area contributed by atoms with Crippen molar-refractivity contribution < 1.29 is 9.59 Å². The molecule has 0 aliphatic heterocycles. The summed E-state index contributed by atoms with van der Waals surface area (Å²) in [4.78, 5) is 28.8. The minimum atomic E-state index is -0.682. The van der Waals surface area contributed by atoms with E-state index in [1.54, 1.807) is 34.9 Å². The van der Waals surface area contributed by atoms with Gasteiger partial charge in [0.25, 0.3) is 0 Å². The Kier molecular flexibility index (Phi) is 12.3. The molecular formula is C30H34Cl2N2O2S. The van der Waals surface area contributed by atoms with Crippen molar-refractivity contribution >= 4 is 46.8 Å². The van der Waals surface area contributed by atoms with Crippen LogP contribution in [-0.4, -0.2) is 35.1 Å². The van der Waals surface area contributed by atoms with E-state index in [-0.39, 0.29) is 18.4 Å². The number of nitrogens with zero attached hydrogens (tertiary/aromatic N) is 1. The topological polar surface area (TPSA) is 49.4 Å². The third kappa shape index (κ3) is 9.41. The van der Waals surface area contributed by atoms with Crippen LogP contribution in [0.2, 0.25) is 10.0 Å². The maximum absolute atomic E-state index is 13.7. The first-order valence-corrected chi connectivity index (χ1v) is 14.6. The van der Waals surface area contributed by atoms with Crippen LogP contribution < -0.4 is 5.32 Å². The van der Waals surface area contributed by atoms with Crippen LogP contribution >= 0.6 is 35.0 Å². The second kappa shape index (κ2) is 15.7. The first kappa shape index (κ1) is 29.1. The SMILES string of the molecule is CCCCNC(=O)[C@@H](Cc1ccccc1)N(Cc1c(Cl)cccc1Cl)C(=O)CCSCc1ccccc1. The fraction of sp³-hybridized carbons (Fsp3) is 0.333. The normalized spacial score (nSPS) is 11.6. The highest BCUT2D eigenvalue weighted by Gasteiger charge is 2.31. The van der Waals surface area contributed by atoms with Crippen molar-refractivity contribution in [3.63, 3.8) is 0 Å². The van der Waals surface area contributed by atoms with Crippen LogP contribution in [0.3, 0.4) is 0 Å². The number of rotatable bonds is 14. The first-order chi connectivity index (χ1) is 18.0. The maximum Gasteiger partial charge on any atom is 0.243 e. The molecule has 3 rings (SSSR count). The van der Waals surface area contributed by atoms with Gasteiger partial charge in [-0.2, -0.15) is 11.8 Å². The highest BCUT2D eigenvalue weighted by atomic mass is 35.5. The Hall–Kier alpha value is -2.47. The van der Waals surface area contributed by atoms with E-state index in [9.17, 15) is 9.59 Å². The molecule has 0 saturated carbocycles. The molecule has 0 fully saturated rings. The Bertz CT molecular complexity index is 1110. The second-order valence-electron chi connectivity index (χ2n) is 8.86. The molecule has 0 spiro atoms. The van der Waals surface area contributed by atoms with Crippen molar-refractivity contribution in [1.29, 1.82) is 0 Å². The fourth-order valence-corrected chi connectivity index (χ4v) is 5.39. The van der Waals surface area contributed by atoms with Crippen LogP contribution in [0.25, 0.3) is 0 Å². The van der Waals surface area contributed by atoms with E-state index in [4.69, 9.17) is 23.2 Å². The van der Waals surface area contributed by atoms with Gasteiger partial charge in [0.15, 0.2) is 0 Å². The lowest BCUT2D eigenvalue weighted by Crippen LogP contribution is -2.50. The highest BCUT2D eigenvalue weighted by molar-refractivity contribution is 7.98. The van der Waals surface area contributed by atoms with Gasteiger partial charge in [0, 0.05) is 53.0 Å². The summed E-state index contributed by atoms with van der Waals surface area (Å²) in [5, 5.41) is 4.00. The van der Waals surface area contributed by atoms with Crippen molar-refractivity contribution in [2.75, 3.05) is 12.3 Å². The minimum absolute atomic E-state index is 0.0943. The van der Waals surface area contributed by atoms with Gasteiger partial charge in [-0.3, -0.25) is 9.59 Å². The zero-order chi connectivity index (χ0) is 26.5. The smallest absolute Gasteiger partial charge is 0.243 e. The van der Waals surface area contributed by atoms with E-state index in [0.717, 1.165) is 24.2 Å². The largest absolute Gasteiger partial charge is 0.354 e. The van der Waals surface area contributed by atoms with Gasteiger partial charge >= 0.3 is 0 Å². The third-order valence-corrected chi connectivity index (χ3v) is 7.80. The second-order valence-corrected chi connectivity index (χ2v) is 10.8. The predicted molar refractivity (Wildman–Crippen MR) is 156 cm³/mol. The number of benzene rings is 3. The molecule has 0 saturated heterocycles. The molecule has 0 aliphatic carbocycles. The Morgan fingerprint density at radius 1 is 0.892 bits per heavy atom. The summed E-state index contributed by atoms with van der Waals surface area (Å²) >= 11 is 14.7. The van der Waals surface area contributed by atoms with E-state index >= 15 is 0 Å². The molecule has 37 heavy (non-hydrogen) atoms. The van der Waals surface area contributed by atoms with Crippen LogP contribution in [-0.2, 0) is 28.3 Å². The van der Waals surface area contributed by atoms with E-state index in [2.05, 4.69) is 24.4 Å². The van der Waals surface area contributed by atoms with Gasteiger partial charge in [-0.15, -0.1) is 0 Å². The molecular weight excluding hydrogens is 523 g/mol. The Labute approximate surface area is 234 Å². The molecule has 0 unspecified atom stereocenters. The van der Waals surface area contributed by atoms with Crippen LogP contribution in [0.5, 0.6) is 0 Å². The number of carbonyl (C=O) groups is 2. The van der Waals surface area contributed by atoms with Gasteiger partial charge in [0.05, 0.1) is 0 Å². The summed E-state index contributed by atoms with van der Waals surface area (Å²) in [6.45, 7) is 2.82. The molecule has 1 N–H and O–H groups in total. The Balaban J connectivity index is 1.83. The van der Waals surface area contributed by atoms with Gasteiger partial charge in [-0.1, -0.05) is 103 Å². The Morgan fingerprint density at radius 3 is 2.14 bits per heavy atom. The van der Waals surface area contributed by atoms with Crippen molar-refractivity contribution in [1.82, 2.24) is 10.2 Å². The number of thioether (sulfide) groups is 1. The van der Waals surface area contributed by atoms with Crippen molar-refractivity contribution in [2.24, 2.45) is 0 Å². The maximum atomic E-state index is 13.7. The molecule has 3 aromatic rings. The number of carbonyl (C=O) groups excluding carboxylic acids is 2. The number of halogens is 2. The quantitative estimate of drug-likeness (QED) is 0.214. The molecule has 0 heterocycles. The first-order valence-electron chi connectivity index (χ1n) is 12.6. The van der Waals surface area contributed by atoms with Crippen LogP contribution in [0, 0.1) is 0 Å². The molecule has 196 valence electrons. The lowest BCUT2D eigenvalue weighted by atomic mass is 10.0. The fourth-order valence-electron chi connectivity index (χ4n) is 3.98.